The van der Waals surface area contributed by atoms with Crippen LogP contribution in [0, 0.1) is 0 Å². The molecule has 0 saturated heterocycles. The minimum absolute atomic E-state index is 0.983. The second-order valence-corrected chi connectivity index (χ2v) is 2.79. The van der Waals surface area contributed by atoms with Crippen LogP contribution in [0.3, 0.4) is 0 Å². The lowest BCUT2D eigenvalue weighted by atomic mass is 10.2. The van der Waals surface area contributed by atoms with Crippen LogP contribution in [0.15, 0.2) is 43.2 Å². The molecule has 0 fully saturated rings. The molecule has 2 aromatic rings. The number of aromatic nitrogens is 3. The highest BCUT2D eigenvalue weighted by molar-refractivity contribution is 5.68. The Morgan fingerprint density at radius 1 is 0.857 bits per heavy atom. The van der Waals surface area contributed by atoms with Crippen molar-refractivity contribution < 1.29 is 0 Å². The van der Waals surface area contributed by atoms with Crippen LogP contribution in [0.5, 0.6) is 0 Å². The van der Waals surface area contributed by atoms with Crippen molar-refractivity contribution in [1.29, 1.82) is 0 Å². The van der Waals surface area contributed by atoms with Gasteiger partial charge in [0.25, 0.3) is 0 Å². The maximum Gasteiger partial charge on any atom is 0.115 e. The Morgan fingerprint density at radius 2 is 1.57 bits per heavy atom. The van der Waals surface area contributed by atoms with Gasteiger partial charge in [0.05, 0.1) is 0 Å². The summed E-state index contributed by atoms with van der Waals surface area (Å²) < 4.78 is 0. The van der Waals surface area contributed by atoms with Gasteiger partial charge in [-0.1, -0.05) is 18.2 Å². The minimum Gasteiger partial charge on any atom is -0.264 e. The van der Waals surface area contributed by atoms with Gasteiger partial charge in [0.15, 0.2) is 0 Å². The molecule has 14 heavy (non-hydrogen) atoms. The van der Waals surface area contributed by atoms with Crippen LogP contribution in [0.2, 0.25) is 0 Å². The highest BCUT2D eigenvalue weighted by atomic mass is 14.8. The monoisotopic (exact) mass is 183 g/mol. The largest absolute Gasteiger partial charge is 0.264 e. The first kappa shape index (κ1) is 8.56. The van der Waals surface area contributed by atoms with E-state index in [1.54, 1.807) is 24.8 Å². The molecule has 0 aliphatic rings. The zero-order valence-corrected chi connectivity index (χ0v) is 7.54. The summed E-state index contributed by atoms with van der Waals surface area (Å²) in [6, 6.07) is 3.90. The summed E-state index contributed by atoms with van der Waals surface area (Å²) in [6.45, 7) is 0. The Kier molecular flexibility index (Phi) is 2.62. The lowest BCUT2D eigenvalue weighted by Gasteiger charge is -1.91. The van der Waals surface area contributed by atoms with Crippen LogP contribution in [0.1, 0.15) is 11.1 Å². The van der Waals surface area contributed by atoms with Crippen LogP contribution in [-0.2, 0) is 0 Å². The third kappa shape index (κ3) is 2.23. The van der Waals surface area contributed by atoms with Gasteiger partial charge >= 0.3 is 0 Å². The van der Waals surface area contributed by atoms with Crippen molar-refractivity contribution in [2.75, 3.05) is 0 Å². The molecule has 68 valence electrons. The van der Waals surface area contributed by atoms with E-state index in [9.17, 15) is 0 Å². The molecule has 0 aliphatic carbocycles. The van der Waals surface area contributed by atoms with Crippen molar-refractivity contribution in [3.05, 3.63) is 54.4 Å². The van der Waals surface area contributed by atoms with E-state index in [0.29, 0.717) is 0 Å². The highest BCUT2D eigenvalue weighted by Gasteiger charge is 1.86. The molecule has 0 unspecified atom stereocenters. The van der Waals surface area contributed by atoms with Crippen molar-refractivity contribution >= 4 is 12.2 Å². The van der Waals surface area contributed by atoms with Crippen molar-refractivity contribution in [2.45, 2.75) is 0 Å². The van der Waals surface area contributed by atoms with Gasteiger partial charge in [0, 0.05) is 30.4 Å². The fourth-order valence-corrected chi connectivity index (χ4v) is 1.06. The van der Waals surface area contributed by atoms with Gasteiger partial charge in [-0.2, -0.15) is 0 Å². The Morgan fingerprint density at radius 3 is 2.29 bits per heavy atom. The van der Waals surface area contributed by atoms with E-state index in [-0.39, 0.29) is 0 Å². The Bertz CT molecular complexity index is 368. The molecule has 0 atom stereocenters. The molecule has 0 spiro atoms. The molecule has 0 aromatic carbocycles. The molecule has 0 amide bonds. The van der Waals surface area contributed by atoms with Gasteiger partial charge in [0.1, 0.15) is 6.33 Å². The zero-order valence-electron chi connectivity index (χ0n) is 7.54. The SMILES string of the molecule is C(=C\c1cncnc1)/c1cccnc1. The molecule has 0 saturated carbocycles. The predicted molar refractivity (Wildman–Crippen MR) is 55.2 cm³/mol. The molecule has 2 heterocycles. The van der Waals surface area contributed by atoms with Crippen molar-refractivity contribution in [1.82, 2.24) is 15.0 Å². The summed E-state index contributed by atoms with van der Waals surface area (Å²) in [6.07, 6.45) is 12.5. The quantitative estimate of drug-likeness (QED) is 0.715. The molecule has 0 aliphatic heterocycles. The van der Waals surface area contributed by atoms with E-state index < -0.39 is 0 Å². The summed E-state index contributed by atoms with van der Waals surface area (Å²) in [5.41, 5.74) is 2.05. The topological polar surface area (TPSA) is 38.7 Å². The van der Waals surface area contributed by atoms with Crippen LogP contribution < -0.4 is 0 Å². The van der Waals surface area contributed by atoms with Crippen LogP contribution in [-0.4, -0.2) is 15.0 Å². The smallest absolute Gasteiger partial charge is 0.115 e. The van der Waals surface area contributed by atoms with Crippen molar-refractivity contribution in [3.8, 4) is 0 Å². The molecule has 0 N–H and O–H groups in total. The second-order valence-electron chi connectivity index (χ2n) is 2.79. The number of hydrogen-bond donors (Lipinski definition) is 0. The van der Waals surface area contributed by atoms with Crippen molar-refractivity contribution in [2.24, 2.45) is 0 Å². The Labute approximate surface area is 82.2 Å². The molecule has 3 nitrogen and oxygen atoms in total. The van der Waals surface area contributed by atoms with E-state index in [0.717, 1.165) is 11.1 Å². The second kappa shape index (κ2) is 4.28. The Hall–Kier alpha value is -2.03. The maximum absolute atomic E-state index is 4.01. The average molecular weight is 183 g/mol. The number of hydrogen-bond acceptors (Lipinski definition) is 3. The van der Waals surface area contributed by atoms with Crippen LogP contribution in [0.25, 0.3) is 12.2 Å². The summed E-state index contributed by atoms with van der Waals surface area (Å²) in [5.74, 6) is 0. The molecule has 0 bridgehead atoms. The molecule has 3 heteroatoms. The van der Waals surface area contributed by atoms with Gasteiger partial charge in [-0.3, -0.25) is 4.98 Å². The molecule has 2 rings (SSSR count). The number of pyridine rings is 1. The van der Waals surface area contributed by atoms with Crippen molar-refractivity contribution in [3.63, 3.8) is 0 Å². The predicted octanol–water partition coefficient (Wildman–Crippen LogP) is 2.04. The third-order valence-electron chi connectivity index (χ3n) is 1.73. The van der Waals surface area contributed by atoms with E-state index in [2.05, 4.69) is 15.0 Å². The lowest BCUT2D eigenvalue weighted by Crippen LogP contribution is -1.78. The van der Waals surface area contributed by atoms with Gasteiger partial charge in [-0.15, -0.1) is 0 Å². The first-order valence-electron chi connectivity index (χ1n) is 4.28. The molecular formula is C11H9N3. The summed E-state index contributed by atoms with van der Waals surface area (Å²) >= 11 is 0. The minimum atomic E-state index is 0.983. The van der Waals surface area contributed by atoms with Crippen LogP contribution in [0.4, 0.5) is 0 Å². The fourth-order valence-electron chi connectivity index (χ4n) is 1.06. The van der Waals surface area contributed by atoms with Gasteiger partial charge in [-0.25, -0.2) is 9.97 Å². The van der Waals surface area contributed by atoms with Crippen LogP contribution >= 0.6 is 0 Å². The Balaban J connectivity index is 2.16. The normalized spacial score (nSPS) is 10.6. The highest BCUT2D eigenvalue weighted by Crippen LogP contribution is 2.03. The summed E-state index contributed by atoms with van der Waals surface area (Å²) in [7, 11) is 0. The molecule has 0 radical (unpaired) electrons. The summed E-state index contributed by atoms with van der Waals surface area (Å²) in [4.78, 5) is 11.9. The molecule has 2 aromatic heterocycles. The van der Waals surface area contributed by atoms with E-state index in [1.807, 2.05) is 24.3 Å². The number of rotatable bonds is 2. The first-order chi connectivity index (χ1) is 6.95. The average Bonchev–Trinajstić information content (AvgIpc) is 2.29. The summed E-state index contributed by atoms with van der Waals surface area (Å²) in [5, 5.41) is 0. The van der Waals surface area contributed by atoms with E-state index in [4.69, 9.17) is 0 Å². The van der Waals surface area contributed by atoms with Gasteiger partial charge in [0.2, 0.25) is 0 Å². The van der Waals surface area contributed by atoms with E-state index >= 15 is 0 Å². The van der Waals surface area contributed by atoms with Gasteiger partial charge in [-0.05, 0) is 11.6 Å². The lowest BCUT2D eigenvalue weighted by molar-refractivity contribution is 1.16. The van der Waals surface area contributed by atoms with E-state index in [1.165, 1.54) is 6.33 Å². The number of nitrogens with zero attached hydrogens (tertiary/aromatic N) is 3. The molecular weight excluding hydrogens is 174 g/mol. The fraction of sp³-hybridized carbons (Fsp3) is 0. The van der Waals surface area contributed by atoms with Gasteiger partial charge < -0.3 is 0 Å². The maximum atomic E-state index is 4.01. The zero-order chi connectivity index (χ0) is 9.64. The first-order valence-corrected chi connectivity index (χ1v) is 4.28. The third-order valence-corrected chi connectivity index (χ3v) is 1.73. The standard InChI is InChI=1S/C11H9N3/c1-2-10(6-12-5-1)3-4-11-7-13-9-14-8-11/h1-9H/b4-3+.